The fourth-order valence-electron chi connectivity index (χ4n) is 1.96. The molecule has 0 spiro atoms. The molecule has 0 N–H and O–H groups in total. The summed E-state index contributed by atoms with van der Waals surface area (Å²) in [6.45, 7) is 0.168. The van der Waals surface area contributed by atoms with Crippen molar-refractivity contribution in [3.63, 3.8) is 0 Å². The third-order valence-electron chi connectivity index (χ3n) is 3.16. The summed E-state index contributed by atoms with van der Waals surface area (Å²) in [4.78, 5) is 12.6. The van der Waals surface area contributed by atoms with Gasteiger partial charge in [0.15, 0.2) is 5.78 Å². The van der Waals surface area contributed by atoms with Crippen molar-refractivity contribution in [1.29, 1.82) is 0 Å². The van der Waals surface area contributed by atoms with Gasteiger partial charge in [-0.2, -0.15) is 0 Å². The number of allylic oxidation sites excluding steroid dienone is 1. The number of hydrogen-bond acceptors (Lipinski definition) is 4. The third kappa shape index (κ3) is 4.81. The van der Waals surface area contributed by atoms with E-state index in [2.05, 4.69) is 15.9 Å². The van der Waals surface area contributed by atoms with Gasteiger partial charge in [-0.05, 0) is 58.4 Å². The highest BCUT2D eigenvalue weighted by Gasteiger charge is 2.07. The maximum atomic E-state index is 13.1. The van der Waals surface area contributed by atoms with Crippen molar-refractivity contribution in [3.05, 3.63) is 79.6 Å². The van der Waals surface area contributed by atoms with Crippen LogP contribution >= 0.6 is 38.9 Å². The molecule has 0 atom stereocenters. The van der Waals surface area contributed by atoms with Crippen molar-refractivity contribution in [2.24, 2.45) is 0 Å². The molecule has 2 aromatic heterocycles. The molecule has 0 fully saturated rings. The molecule has 0 saturated carbocycles. The van der Waals surface area contributed by atoms with E-state index in [1.807, 2.05) is 5.38 Å². The Kier molecular flexibility index (Phi) is 5.73. The number of thiophene rings is 1. The highest BCUT2D eigenvalue weighted by Crippen LogP contribution is 2.23. The van der Waals surface area contributed by atoms with Crippen LogP contribution in [0.4, 0.5) is 4.39 Å². The van der Waals surface area contributed by atoms with E-state index in [-0.39, 0.29) is 17.4 Å². The van der Waals surface area contributed by atoms with Gasteiger partial charge in [0.1, 0.15) is 29.7 Å². The van der Waals surface area contributed by atoms with Gasteiger partial charge in [-0.1, -0.05) is 11.6 Å². The summed E-state index contributed by atoms with van der Waals surface area (Å²) in [5.74, 6) is 0.970. The maximum absolute atomic E-state index is 13.1. The van der Waals surface area contributed by atoms with E-state index >= 15 is 0 Å². The molecule has 25 heavy (non-hydrogen) atoms. The number of furan rings is 1. The summed E-state index contributed by atoms with van der Waals surface area (Å²) in [6.07, 6.45) is 3.07. The van der Waals surface area contributed by atoms with Gasteiger partial charge in [-0.25, -0.2) is 4.39 Å². The van der Waals surface area contributed by atoms with E-state index in [1.165, 1.54) is 35.6 Å². The molecule has 0 amide bonds. The lowest BCUT2D eigenvalue weighted by molar-refractivity contribution is 0.105. The van der Waals surface area contributed by atoms with E-state index in [1.54, 1.807) is 24.3 Å². The Morgan fingerprint density at radius 3 is 2.88 bits per heavy atom. The van der Waals surface area contributed by atoms with Crippen LogP contribution in [0.2, 0.25) is 5.02 Å². The first-order valence-electron chi connectivity index (χ1n) is 7.14. The SMILES string of the molecule is O=C(/C=C/c1ccc(COc2ccc(F)c(Cl)c2)o1)c1cc(Br)cs1. The molecule has 0 unspecified atom stereocenters. The van der Waals surface area contributed by atoms with Crippen LogP contribution in [-0.2, 0) is 6.61 Å². The molecule has 0 aliphatic heterocycles. The quantitative estimate of drug-likeness (QED) is 0.329. The van der Waals surface area contributed by atoms with E-state index in [4.69, 9.17) is 20.8 Å². The Hall–Kier alpha value is -1.89. The predicted octanol–water partition coefficient (Wildman–Crippen LogP) is 6.37. The second-order valence-corrected chi connectivity index (χ2v) is 7.23. The topological polar surface area (TPSA) is 39.4 Å². The first-order chi connectivity index (χ1) is 12.0. The van der Waals surface area contributed by atoms with Crippen molar-refractivity contribution in [3.8, 4) is 5.75 Å². The minimum atomic E-state index is -0.498. The normalized spacial score (nSPS) is 11.2. The maximum Gasteiger partial charge on any atom is 0.195 e. The van der Waals surface area contributed by atoms with Gasteiger partial charge < -0.3 is 9.15 Å². The van der Waals surface area contributed by atoms with Crippen LogP contribution in [-0.4, -0.2) is 5.78 Å². The average Bonchev–Trinajstić information content (AvgIpc) is 3.23. The van der Waals surface area contributed by atoms with Crippen molar-refractivity contribution in [1.82, 2.24) is 0 Å². The second-order valence-electron chi connectivity index (χ2n) is 5.00. The number of carbonyl (C=O) groups is 1. The molecule has 3 aromatic rings. The first-order valence-corrected chi connectivity index (χ1v) is 9.19. The summed E-state index contributed by atoms with van der Waals surface area (Å²) in [6, 6.07) is 9.39. The lowest BCUT2D eigenvalue weighted by Gasteiger charge is -2.04. The molecule has 0 bridgehead atoms. The average molecular weight is 442 g/mol. The van der Waals surface area contributed by atoms with Crippen LogP contribution in [0.15, 0.2) is 56.7 Å². The van der Waals surface area contributed by atoms with Crippen LogP contribution in [0.25, 0.3) is 6.08 Å². The monoisotopic (exact) mass is 440 g/mol. The molecule has 3 nitrogen and oxygen atoms in total. The summed E-state index contributed by atoms with van der Waals surface area (Å²) in [7, 11) is 0. The lowest BCUT2D eigenvalue weighted by atomic mass is 10.3. The van der Waals surface area contributed by atoms with Gasteiger partial charge in [0.2, 0.25) is 0 Å². The van der Waals surface area contributed by atoms with Gasteiger partial charge >= 0.3 is 0 Å². The van der Waals surface area contributed by atoms with Crippen molar-refractivity contribution < 1.29 is 18.3 Å². The minimum Gasteiger partial charge on any atom is -0.486 e. The fourth-order valence-corrected chi connectivity index (χ4v) is 3.48. The van der Waals surface area contributed by atoms with Gasteiger partial charge in [0.05, 0.1) is 9.90 Å². The molecule has 128 valence electrons. The summed E-state index contributed by atoms with van der Waals surface area (Å²) >= 11 is 10.4. The highest BCUT2D eigenvalue weighted by molar-refractivity contribution is 9.10. The van der Waals surface area contributed by atoms with Gasteiger partial charge in [-0.3, -0.25) is 4.79 Å². The van der Waals surface area contributed by atoms with Crippen LogP contribution < -0.4 is 4.74 Å². The molecular weight excluding hydrogens is 431 g/mol. The van der Waals surface area contributed by atoms with Crippen LogP contribution in [0.1, 0.15) is 21.2 Å². The highest BCUT2D eigenvalue weighted by atomic mass is 79.9. The van der Waals surface area contributed by atoms with E-state index in [9.17, 15) is 9.18 Å². The number of ketones is 1. The largest absolute Gasteiger partial charge is 0.486 e. The number of ether oxygens (including phenoxy) is 1. The smallest absolute Gasteiger partial charge is 0.195 e. The van der Waals surface area contributed by atoms with E-state index < -0.39 is 5.82 Å². The van der Waals surface area contributed by atoms with Crippen LogP contribution in [0, 0.1) is 5.82 Å². The van der Waals surface area contributed by atoms with Gasteiger partial charge in [-0.15, -0.1) is 11.3 Å². The minimum absolute atomic E-state index is 0.000654. The molecule has 2 heterocycles. The van der Waals surface area contributed by atoms with Crippen molar-refractivity contribution >= 4 is 50.7 Å². The zero-order valence-corrected chi connectivity index (χ0v) is 15.8. The van der Waals surface area contributed by atoms with E-state index in [0.717, 1.165) is 4.47 Å². The first kappa shape index (κ1) is 17.9. The second kappa shape index (κ2) is 7.99. The predicted molar refractivity (Wildman–Crippen MR) is 99.8 cm³/mol. The Bertz CT molecular complexity index is 932. The standard InChI is InChI=1S/C18H11BrClFO3S/c19-11-7-18(25-10-11)17(22)6-4-12-1-2-14(24-12)9-23-13-3-5-16(21)15(20)8-13/h1-8,10H,9H2/b6-4+. The molecule has 7 heteroatoms. The van der Waals surface area contributed by atoms with Crippen molar-refractivity contribution in [2.45, 2.75) is 6.61 Å². The Balaban J connectivity index is 1.59. The molecule has 0 radical (unpaired) electrons. The Morgan fingerprint density at radius 1 is 1.32 bits per heavy atom. The third-order valence-corrected chi connectivity index (χ3v) is 5.16. The lowest BCUT2D eigenvalue weighted by Crippen LogP contribution is -1.94. The Labute approximate surface area is 160 Å². The summed E-state index contributed by atoms with van der Waals surface area (Å²) in [5, 5.41) is 1.85. The molecule has 3 rings (SSSR count). The number of rotatable bonds is 6. The van der Waals surface area contributed by atoms with Gasteiger partial charge in [0.25, 0.3) is 0 Å². The number of benzene rings is 1. The number of halogens is 3. The zero-order chi connectivity index (χ0) is 17.8. The van der Waals surface area contributed by atoms with Crippen molar-refractivity contribution in [2.75, 3.05) is 0 Å². The van der Waals surface area contributed by atoms with E-state index in [0.29, 0.717) is 22.1 Å². The molecule has 0 aliphatic rings. The van der Waals surface area contributed by atoms with Crippen LogP contribution in [0.5, 0.6) is 5.75 Å². The van der Waals surface area contributed by atoms with Gasteiger partial charge in [0, 0.05) is 15.9 Å². The summed E-state index contributed by atoms with van der Waals surface area (Å²) < 4.78 is 25.1. The zero-order valence-electron chi connectivity index (χ0n) is 12.7. The molecular formula is C18H11BrClFO3S. The number of hydrogen-bond donors (Lipinski definition) is 0. The number of carbonyl (C=O) groups excluding carboxylic acids is 1. The molecule has 0 saturated heterocycles. The summed E-state index contributed by atoms with van der Waals surface area (Å²) in [5.41, 5.74) is 0. The Morgan fingerprint density at radius 2 is 2.16 bits per heavy atom. The molecule has 0 aliphatic carbocycles. The fraction of sp³-hybridized carbons (Fsp3) is 0.0556. The molecule has 1 aromatic carbocycles. The van der Waals surface area contributed by atoms with Crippen LogP contribution in [0.3, 0.4) is 0 Å².